The van der Waals surface area contributed by atoms with Crippen LogP contribution in [0, 0.1) is 0 Å². The highest BCUT2D eigenvalue weighted by molar-refractivity contribution is 6.42. The molecule has 2 rings (SSSR count). The van der Waals surface area contributed by atoms with E-state index in [1.54, 1.807) is 31.4 Å². The van der Waals surface area contributed by atoms with Gasteiger partial charge in [0.15, 0.2) is 0 Å². The zero-order chi connectivity index (χ0) is 13.3. The number of benzene rings is 2. The summed E-state index contributed by atoms with van der Waals surface area (Å²) in [6.45, 7) is 0. The van der Waals surface area contributed by atoms with Crippen LogP contribution in [0.25, 0.3) is 11.1 Å². The maximum atomic E-state index is 6.15. The van der Waals surface area contributed by atoms with Crippen LogP contribution in [0.5, 0.6) is 5.75 Å². The first-order chi connectivity index (χ1) is 8.52. The fourth-order valence-corrected chi connectivity index (χ4v) is 2.93. The highest BCUT2D eigenvalue weighted by Crippen LogP contribution is 2.39. The van der Waals surface area contributed by atoms with E-state index in [0.717, 1.165) is 5.56 Å². The number of halogens is 4. The summed E-state index contributed by atoms with van der Waals surface area (Å²) in [6.07, 6.45) is 0. The molecule has 2 aromatic rings. The molecule has 18 heavy (non-hydrogen) atoms. The van der Waals surface area contributed by atoms with E-state index in [1.165, 1.54) is 0 Å². The minimum absolute atomic E-state index is 0.480. The highest BCUT2D eigenvalue weighted by atomic mass is 35.5. The van der Waals surface area contributed by atoms with Crippen molar-refractivity contribution in [2.45, 2.75) is 0 Å². The van der Waals surface area contributed by atoms with E-state index in [4.69, 9.17) is 51.1 Å². The van der Waals surface area contributed by atoms with Crippen LogP contribution in [0.1, 0.15) is 0 Å². The molecule has 0 aliphatic heterocycles. The van der Waals surface area contributed by atoms with Crippen molar-refractivity contribution in [1.82, 2.24) is 0 Å². The van der Waals surface area contributed by atoms with Gasteiger partial charge in [0.05, 0.1) is 22.2 Å². The molecule has 94 valence electrons. The van der Waals surface area contributed by atoms with Gasteiger partial charge in [0.1, 0.15) is 5.75 Å². The van der Waals surface area contributed by atoms with Gasteiger partial charge >= 0.3 is 0 Å². The summed E-state index contributed by atoms with van der Waals surface area (Å²) in [5, 5.41) is 1.95. The number of ether oxygens (including phenoxy) is 1. The Bertz CT molecular complexity index is 573. The zero-order valence-electron chi connectivity index (χ0n) is 9.31. The van der Waals surface area contributed by atoms with Crippen molar-refractivity contribution >= 4 is 46.4 Å². The van der Waals surface area contributed by atoms with Crippen molar-refractivity contribution in [3.63, 3.8) is 0 Å². The summed E-state index contributed by atoms with van der Waals surface area (Å²) in [7, 11) is 1.56. The van der Waals surface area contributed by atoms with Crippen molar-refractivity contribution in [2.24, 2.45) is 0 Å². The van der Waals surface area contributed by atoms with Crippen LogP contribution in [-0.2, 0) is 0 Å². The van der Waals surface area contributed by atoms with Crippen LogP contribution in [0.2, 0.25) is 20.1 Å². The summed E-state index contributed by atoms with van der Waals surface area (Å²) < 4.78 is 5.10. The molecular weight excluding hydrogens is 314 g/mol. The molecule has 0 unspecified atom stereocenters. The Hall–Kier alpha value is -0.600. The first-order valence-electron chi connectivity index (χ1n) is 5.01. The molecule has 0 aliphatic rings. The van der Waals surface area contributed by atoms with E-state index in [1.807, 2.05) is 6.07 Å². The van der Waals surface area contributed by atoms with E-state index in [9.17, 15) is 0 Å². The number of rotatable bonds is 2. The van der Waals surface area contributed by atoms with E-state index in [2.05, 4.69) is 0 Å². The van der Waals surface area contributed by atoms with Crippen LogP contribution in [0.4, 0.5) is 0 Å². The molecule has 0 spiro atoms. The molecule has 1 nitrogen and oxygen atoms in total. The van der Waals surface area contributed by atoms with Gasteiger partial charge in [0.2, 0.25) is 0 Å². The standard InChI is InChI=1S/C13H8Cl4O/c1-18-12-3-2-7(4-9(12)15)13-10(16)5-8(14)6-11(13)17/h2-6H,1H3. The Morgan fingerprint density at radius 2 is 1.44 bits per heavy atom. The minimum atomic E-state index is 0.480. The van der Waals surface area contributed by atoms with Crippen molar-refractivity contribution < 1.29 is 4.74 Å². The predicted octanol–water partition coefficient (Wildman–Crippen LogP) is 5.98. The Kier molecular flexibility index (Phi) is 4.29. The van der Waals surface area contributed by atoms with E-state index >= 15 is 0 Å². The highest BCUT2D eigenvalue weighted by Gasteiger charge is 2.12. The van der Waals surface area contributed by atoms with Crippen LogP contribution < -0.4 is 4.74 Å². The normalized spacial score (nSPS) is 10.5. The van der Waals surface area contributed by atoms with Gasteiger partial charge in [-0.25, -0.2) is 0 Å². The predicted molar refractivity (Wildman–Crippen MR) is 78.5 cm³/mol. The minimum Gasteiger partial charge on any atom is -0.495 e. The van der Waals surface area contributed by atoms with Gasteiger partial charge in [0.25, 0.3) is 0 Å². The first-order valence-corrected chi connectivity index (χ1v) is 6.52. The lowest BCUT2D eigenvalue weighted by Crippen LogP contribution is -1.86. The molecular formula is C13H8Cl4O. The average Bonchev–Trinajstić information content (AvgIpc) is 2.27. The molecule has 0 saturated carbocycles. The van der Waals surface area contributed by atoms with Gasteiger partial charge in [-0.15, -0.1) is 0 Å². The van der Waals surface area contributed by atoms with Gasteiger partial charge in [0, 0.05) is 10.6 Å². The molecule has 2 aromatic carbocycles. The van der Waals surface area contributed by atoms with Gasteiger partial charge in [-0.05, 0) is 29.8 Å². The van der Waals surface area contributed by atoms with Crippen molar-refractivity contribution in [3.05, 3.63) is 50.4 Å². The Morgan fingerprint density at radius 1 is 0.833 bits per heavy atom. The van der Waals surface area contributed by atoms with Gasteiger partial charge in [-0.1, -0.05) is 52.5 Å². The molecule has 5 heteroatoms. The molecule has 0 bridgehead atoms. The lowest BCUT2D eigenvalue weighted by molar-refractivity contribution is 0.415. The molecule has 0 aromatic heterocycles. The van der Waals surface area contributed by atoms with Crippen LogP contribution in [0.15, 0.2) is 30.3 Å². The summed E-state index contributed by atoms with van der Waals surface area (Å²) in [5.74, 6) is 0.599. The summed E-state index contributed by atoms with van der Waals surface area (Å²) >= 11 is 24.3. The molecule has 0 radical (unpaired) electrons. The van der Waals surface area contributed by atoms with Gasteiger partial charge in [-0.2, -0.15) is 0 Å². The molecule has 0 atom stereocenters. The molecule has 0 N–H and O–H groups in total. The fourth-order valence-electron chi connectivity index (χ4n) is 1.64. The largest absolute Gasteiger partial charge is 0.495 e. The average molecular weight is 322 g/mol. The molecule has 0 aliphatic carbocycles. The zero-order valence-corrected chi connectivity index (χ0v) is 12.3. The monoisotopic (exact) mass is 320 g/mol. The van der Waals surface area contributed by atoms with E-state index in [-0.39, 0.29) is 0 Å². The number of methoxy groups -OCH3 is 1. The lowest BCUT2D eigenvalue weighted by atomic mass is 10.1. The van der Waals surface area contributed by atoms with Gasteiger partial charge < -0.3 is 4.74 Å². The molecule has 0 fully saturated rings. The summed E-state index contributed by atoms with van der Waals surface area (Å²) in [4.78, 5) is 0. The SMILES string of the molecule is COc1ccc(-c2c(Cl)cc(Cl)cc2Cl)cc1Cl. The van der Waals surface area contributed by atoms with Crippen LogP contribution in [-0.4, -0.2) is 7.11 Å². The van der Waals surface area contributed by atoms with Crippen molar-refractivity contribution in [1.29, 1.82) is 0 Å². The lowest BCUT2D eigenvalue weighted by Gasteiger charge is -2.10. The molecule has 0 saturated heterocycles. The number of hydrogen-bond acceptors (Lipinski definition) is 1. The maximum absolute atomic E-state index is 6.15. The Morgan fingerprint density at radius 3 is 1.94 bits per heavy atom. The summed E-state index contributed by atoms with van der Waals surface area (Å²) in [5.41, 5.74) is 1.51. The molecule has 0 amide bonds. The fraction of sp³-hybridized carbons (Fsp3) is 0.0769. The smallest absolute Gasteiger partial charge is 0.137 e. The second-order valence-corrected chi connectivity index (χ2v) is 5.25. The van der Waals surface area contributed by atoms with E-state index < -0.39 is 0 Å². The van der Waals surface area contributed by atoms with Crippen molar-refractivity contribution in [3.8, 4) is 16.9 Å². The molecule has 0 heterocycles. The van der Waals surface area contributed by atoms with Gasteiger partial charge in [-0.3, -0.25) is 0 Å². The topological polar surface area (TPSA) is 9.23 Å². The van der Waals surface area contributed by atoms with E-state index in [0.29, 0.717) is 31.4 Å². The first kappa shape index (κ1) is 13.8. The summed E-state index contributed by atoms with van der Waals surface area (Å²) in [6, 6.07) is 8.64. The Balaban J connectivity index is 2.59. The third-order valence-electron chi connectivity index (χ3n) is 2.45. The third-order valence-corrected chi connectivity index (χ3v) is 3.56. The van der Waals surface area contributed by atoms with Crippen molar-refractivity contribution in [2.75, 3.05) is 7.11 Å². The second-order valence-electron chi connectivity index (χ2n) is 3.59. The van der Waals surface area contributed by atoms with Crippen LogP contribution in [0.3, 0.4) is 0 Å². The third kappa shape index (κ3) is 2.70. The number of hydrogen-bond donors (Lipinski definition) is 0. The Labute approximate surface area is 125 Å². The quantitative estimate of drug-likeness (QED) is 0.661. The van der Waals surface area contributed by atoms with Crippen LogP contribution >= 0.6 is 46.4 Å². The maximum Gasteiger partial charge on any atom is 0.137 e. The second kappa shape index (κ2) is 5.58.